The monoisotopic (exact) mass is 546 g/mol. The van der Waals surface area contributed by atoms with Crippen molar-refractivity contribution in [3.8, 4) is 17.0 Å². The van der Waals surface area contributed by atoms with Gasteiger partial charge in [0.15, 0.2) is 11.6 Å². The minimum Gasteiger partial charge on any atom is -0.496 e. The normalized spacial score (nSPS) is 15.3. The van der Waals surface area contributed by atoms with Gasteiger partial charge in [-0.3, -0.25) is 9.78 Å². The molecule has 1 aliphatic carbocycles. The predicted molar refractivity (Wildman–Crippen MR) is 129 cm³/mol. The lowest BCUT2D eigenvalue weighted by molar-refractivity contribution is -0.165. The van der Waals surface area contributed by atoms with E-state index in [-0.39, 0.29) is 30.0 Å². The Morgan fingerprint density at radius 2 is 1.97 bits per heavy atom. The van der Waals surface area contributed by atoms with Crippen LogP contribution < -0.4 is 10.1 Å². The van der Waals surface area contributed by atoms with Gasteiger partial charge in [-0.05, 0) is 30.5 Å². The summed E-state index contributed by atoms with van der Waals surface area (Å²) in [4.78, 5) is 21.2. The summed E-state index contributed by atoms with van der Waals surface area (Å²) in [5.41, 5.74) is -0.118. The van der Waals surface area contributed by atoms with E-state index < -0.39 is 42.4 Å². The van der Waals surface area contributed by atoms with Crippen LogP contribution in [0.2, 0.25) is 0 Å². The van der Waals surface area contributed by atoms with Gasteiger partial charge in [0.05, 0.1) is 43.1 Å². The van der Waals surface area contributed by atoms with Crippen molar-refractivity contribution in [3.05, 3.63) is 65.3 Å². The van der Waals surface area contributed by atoms with Crippen LogP contribution in [0, 0.1) is 5.82 Å². The Balaban J connectivity index is 1.31. The van der Waals surface area contributed by atoms with Gasteiger partial charge in [0.1, 0.15) is 23.1 Å². The van der Waals surface area contributed by atoms with E-state index in [4.69, 9.17) is 9.26 Å². The van der Waals surface area contributed by atoms with Crippen LogP contribution >= 0.6 is 0 Å². The van der Waals surface area contributed by atoms with Gasteiger partial charge in [-0.1, -0.05) is 17.3 Å². The van der Waals surface area contributed by atoms with Crippen LogP contribution in [-0.2, 0) is 16.6 Å². The molecule has 9 nitrogen and oxygen atoms in total. The van der Waals surface area contributed by atoms with Crippen LogP contribution in [-0.4, -0.2) is 51.1 Å². The Kier molecular flexibility index (Phi) is 6.72. The summed E-state index contributed by atoms with van der Waals surface area (Å²) in [5.74, 6) is -1.63. The number of carbonyl (C=O) groups excluding carboxylic acids is 1. The lowest BCUT2D eigenvalue weighted by atomic mass is 10.0. The minimum absolute atomic E-state index is 0.0481. The maximum atomic E-state index is 14.9. The fraction of sp³-hybridized carbons (Fsp3) is 0.308. The Morgan fingerprint density at radius 1 is 1.21 bits per heavy atom. The van der Waals surface area contributed by atoms with Gasteiger partial charge in [-0.2, -0.15) is 13.2 Å². The molecular formula is C26H22F4N4O5. The Hall–Kier alpha value is -4.10. The van der Waals surface area contributed by atoms with Crippen molar-refractivity contribution in [2.45, 2.75) is 37.0 Å². The van der Waals surface area contributed by atoms with E-state index in [2.05, 4.69) is 20.4 Å². The summed E-state index contributed by atoms with van der Waals surface area (Å²) in [5, 5.41) is 25.1. The first-order valence-corrected chi connectivity index (χ1v) is 11.8. The van der Waals surface area contributed by atoms with E-state index in [1.54, 1.807) is 18.2 Å². The van der Waals surface area contributed by atoms with E-state index >= 15 is 0 Å². The molecule has 1 aliphatic rings. The van der Waals surface area contributed by atoms with Crippen LogP contribution in [0.4, 0.5) is 23.4 Å². The molecule has 0 bridgehead atoms. The molecule has 5 rings (SSSR count). The number of benzene rings is 2. The lowest BCUT2D eigenvalue weighted by Gasteiger charge is -2.14. The highest BCUT2D eigenvalue weighted by atomic mass is 19.4. The van der Waals surface area contributed by atoms with E-state index in [1.807, 2.05) is 0 Å². The molecule has 2 aromatic carbocycles. The third kappa shape index (κ3) is 5.02. The van der Waals surface area contributed by atoms with Crippen molar-refractivity contribution in [2.75, 3.05) is 19.0 Å². The van der Waals surface area contributed by atoms with E-state index in [0.29, 0.717) is 33.6 Å². The van der Waals surface area contributed by atoms with Gasteiger partial charge >= 0.3 is 6.18 Å². The predicted octanol–water partition coefficient (Wildman–Crippen LogP) is 4.23. The molecule has 1 atom stereocenters. The quantitative estimate of drug-likeness (QED) is 0.280. The van der Waals surface area contributed by atoms with Gasteiger partial charge in [0.2, 0.25) is 5.91 Å². The topological polar surface area (TPSA) is 131 Å². The summed E-state index contributed by atoms with van der Waals surface area (Å²) in [6.07, 6.45) is -4.84. The molecule has 2 aromatic heterocycles. The van der Waals surface area contributed by atoms with Gasteiger partial charge in [0, 0.05) is 23.3 Å². The summed E-state index contributed by atoms with van der Waals surface area (Å²) in [6.45, 7) is -0.505. The third-order valence-corrected chi connectivity index (χ3v) is 6.67. The van der Waals surface area contributed by atoms with E-state index in [9.17, 15) is 32.6 Å². The van der Waals surface area contributed by atoms with Crippen molar-refractivity contribution < 1.29 is 41.8 Å². The molecule has 0 radical (unpaired) electrons. The largest absolute Gasteiger partial charge is 0.496 e. The molecule has 1 saturated carbocycles. The fourth-order valence-electron chi connectivity index (χ4n) is 4.29. The molecular weight excluding hydrogens is 524 g/mol. The number of halogens is 4. The summed E-state index contributed by atoms with van der Waals surface area (Å²) >= 11 is 0. The molecule has 13 heteroatoms. The highest BCUT2D eigenvalue weighted by molar-refractivity contribution is 5.91. The Bertz CT molecular complexity index is 1550. The number of ether oxygens (including phenoxy) is 1. The molecule has 1 unspecified atom stereocenters. The maximum Gasteiger partial charge on any atom is 0.401 e. The van der Waals surface area contributed by atoms with E-state index in [1.165, 1.54) is 25.4 Å². The minimum atomic E-state index is -4.48. The van der Waals surface area contributed by atoms with Crippen molar-refractivity contribution >= 4 is 22.8 Å². The lowest BCUT2D eigenvalue weighted by Crippen LogP contribution is -2.28. The second kappa shape index (κ2) is 9.89. The van der Waals surface area contributed by atoms with Crippen molar-refractivity contribution in [2.24, 2.45) is 0 Å². The number of methoxy groups -OCH3 is 1. The first kappa shape index (κ1) is 26.5. The molecule has 0 spiro atoms. The second-order valence-electron chi connectivity index (χ2n) is 9.22. The summed E-state index contributed by atoms with van der Waals surface area (Å²) in [6, 6.07) is 8.27. The second-order valence-corrected chi connectivity index (χ2v) is 9.22. The molecule has 2 heterocycles. The van der Waals surface area contributed by atoms with Crippen molar-refractivity contribution in [3.63, 3.8) is 0 Å². The van der Waals surface area contributed by atoms with Gasteiger partial charge in [-0.25, -0.2) is 9.37 Å². The third-order valence-electron chi connectivity index (χ3n) is 6.67. The standard InChI is InChI=1S/C26H22F4N4O5/c1-38-21-9-18-17(8-15(21)20(36)12-35)31-11-19(32-18)14-3-2-13(16(27)6-14)7-24(37)33-23-10-22(39-34-23)25(4-5-25)26(28,29)30/h2-3,6,8-11,20,35-36H,4-5,7,12H2,1H3,(H,33,34,37). The highest BCUT2D eigenvalue weighted by Gasteiger charge is 2.66. The van der Waals surface area contributed by atoms with Crippen LogP contribution in [0.25, 0.3) is 22.3 Å². The number of hydrogen-bond donors (Lipinski definition) is 3. The molecule has 1 fully saturated rings. The number of carbonyl (C=O) groups is 1. The number of alkyl halides is 3. The zero-order valence-corrected chi connectivity index (χ0v) is 20.4. The number of nitrogens with one attached hydrogen (secondary N) is 1. The fourth-order valence-corrected chi connectivity index (χ4v) is 4.29. The number of amides is 1. The average Bonchev–Trinajstić information content (AvgIpc) is 3.62. The number of rotatable bonds is 8. The van der Waals surface area contributed by atoms with E-state index in [0.717, 1.165) is 6.07 Å². The smallest absolute Gasteiger partial charge is 0.401 e. The number of aliphatic hydroxyl groups excluding tert-OH is 2. The number of fused-ring (bicyclic) bond motifs is 1. The number of anilines is 1. The Morgan fingerprint density at radius 3 is 2.62 bits per heavy atom. The van der Waals surface area contributed by atoms with Crippen molar-refractivity contribution in [1.82, 2.24) is 15.1 Å². The molecule has 204 valence electrons. The van der Waals surface area contributed by atoms with Gasteiger partial charge in [-0.15, -0.1) is 0 Å². The molecule has 0 saturated heterocycles. The van der Waals surface area contributed by atoms with Crippen molar-refractivity contribution in [1.29, 1.82) is 0 Å². The van der Waals surface area contributed by atoms with Crippen LogP contribution in [0.5, 0.6) is 5.75 Å². The molecule has 0 aliphatic heterocycles. The summed E-state index contributed by atoms with van der Waals surface area (Å²) in [7, 11) is 1.41. The van der Waals surface area contributed by atoms with Gasteiger partial charge < -0.3 is 24.8 Å². The average molecular weight is 546 g/mol. The SMILES string of the molecule is COc1cc2nc(-c3ccc(CC(=O)Nc4cc(C5(C(F)(F)F)CC5)on4)c(F)c3)cnc2cc1C(O)CO. The number of hydrogen-bond acceptors (Lipinski definition) is 8. The number of aliphatic hydroxyl groups is 2. The molecule has 4 aromatic rings. The Labute approximate surface area is 218 Å². The molecule has 39 heavy (non-hydrogen) atoms. The first-order valence-electron chi connectivity index (χ1n) is 11.8. The summed E-state index contributed by atoms with van der Waals surface area (Å²) < 4.78 is 64.8. The molecule has 1 amide bonds. The van der Waals surface area contributed by atoms with Crippen LogP contribution in [0.15, 0.2) is 47.1 Å². The maximum absolute atomic E-state index is 14.9. The number of nitrogens with zero attached hydrogens (tertiary/aromatic N) is 3. The zero-order chi connectivity index (χ0) is 27.9. The van der Waals surface area contributed by atoms with Crippen LogP contribution in [0.1, 0.15) is 35.8 Å². The first-order chi connectivity index (χ1) is 18.5. The number of aromatic nitrogens is 3. The molecule has 3 N–H and O–H groups in total. The zero-order valence-electron chi connectivity index (χ0n) is 20.4. The van der Waals surface area contributed by atoms with Gasteiger partial charge in [0.25, 0.3) is 0 Å². The van der Waals surface area contributed by atoms with Crippen LogP contribution in [0.3, 0.4) is 0 Å². The highest BCUT2D eigenvalue weighted by Crippen LogP contribution is 2.59.